The van der Waals surface area contributed by atoms with Crippen molar-refractivity contribution >= 4 is 21.8 Å². The summed E-state index contributed by atoms with van der Waals surface area (Å²) >= 11 is 0. The first-order valence-electron chi connectivity index (χ1n) is 10.2. The van der Waals surface area contributed by atoms with Crippen molar-refractivity contribution in [2.75, 3.05) is 4.72 Å². The Morgan fingerprint density at radius 2 is 1.64 bits per heavy atom. The van der Waals surface area contributed by atoms with Crippen LogP contribution in [0.4, 0.5) is 5.69 Å². The van der Waals surface area contributed by atoms with Gasteiger partial charge < -0.3 is 4.74 Å². The van der Waals surface area contributed by atoms with E-state index in [1.54, 1.807) is 47.2 Å². The average molecular weight is 462 g/mol. The maximum atomic E-state index is 12.3. The zero-order valence-corrected chi connectivity index (χ0v) is 19.2. The van der Waals surface area contributed by atoms with Gasteiger partial charge in [0.1, 0.15) is 5.75 Å². The van der Waals surface area contributed by atoms with Crippen LogP contribution in [0, 0.1) is 20.8 Å². The highest BCUT2D eigenvalue weighted by Gasteiger charge is 2.08. The molecule has 0 bridgehead atoms. The highest BCUT2D eigenvalue weighted by Crippen LogP contribution is 2.22. The molecule has 0 atom stereocenters. The minimum Gasteiger partial charge on any atom is -0.438 e. The molecule has 4 rings (SSSR count). The lowest BCUT2D eigenvalue weighted by molar-refractivity contribution is 0.454. The van der Waals surface area contributed by atoms with Crippen molar-refractivity contribution in [1.29, 1.82) is 0 Å². The number of aryl methyl sites for hydroxylation is 3. The smallest absolute Gasteiger partial charge is 0.255 e. The normalized spacial score (nSPS) is 11.6. The molecule has 4 aromatic rings. The molecule has 9 heteroatoms. The maximum absolute atomic E-state index is 12.3. The molecule has 168 valence electrons. The van der Waals surface area contributed by atoms with Gasteiger partial charge in [0, 0.05) is 17.4 Å². The van der Waals surface area contributed by atoms with Crippen LogP contribution in [-0.4, -0.2) is 28.4 Å². The fraction of sp³-hybridized carbons (Fsp3) is 0.125. The number of rotatable bonds is 7. The lowest BCUT2D eigenvalue weighted by atomic mass is 10.2. The van der Waals surface area contributed by atoms with Crippen LogP contribution in [0.5, 0.6) is 11.6 Å². The molecule has 0 unspecified atom stereocenters. The number of nitrogens with one attached hydrogen (secondary N) is 1. The van der Waals surface area contributed by atoms with E-state index in [2.05, 4.69) is 20.0 Å². The van der Waals surface area contributed by atoms with Crippen molar-refractivity contribution in [2.45, 2.75) is 20.8 Å². The highest BCUT2D eigenvalue weighted by molar-refractivity contribution is 7.95. The standard InChI is InChI=1S/C24H23N5O3S/c1-17-4-6-20(7-5-17)14-15-33(30,31)28-21-8-10-22(11-9-21)32-24-13-12-23(25-26-24)29-19(3)16-18(2)27-29/h4-16,28H,1-3H3/b15-14+. The molecule has 0 aliphatic rings. The second-order valence-corrected chi connectivity index (χ2v) is 9.12. The van der Waals surface area contributed by atoms with Gasteiger partial charge in [-0.1, -0.05) is 29.8 Å². The number of hydrogen-bond acceptors (Lipinski definition) is 6. The van der Waals surface area contributed by atoms with Gasteiger partial charge in [-0.2, -0.15) is 5.10 Å². The second-order valence-electron chi connectivity index (χ2n) is 7.56. The number of ether oxygens (including phenoxy) is 1. The Balaban J connectivity index is 1.39. The Morgan fingerprint density at radius 1 is 0.909 bits per heavy atom. The fourth-order valence-electron chi connectivity index (χ4n) is 3.10. The first-order valence-corrected chi connectivity index (χ1v) is 11.7. The summed E-state index contributed by atoms with van der Waals surface area (Å²) in [5.41, 5.74) is 4.19. The zero-order valence-electron chi connectivity index (χ0n) is 18.4. The van der Waals surface area contributed by atoms with Gasteiger partial charge in [-0.25, -0.2) is 13.1 Å². The molecule has 2 aromatic heterocycles. The van der Waals surface area contributed by atoms with Crippen LogP contribution in [-0.2, 0) is 10.0 Å². The van der Waals surface area contributed by atoms with E-state index in [4.69, 9.17) is 4.74 Å². The van der Waals surface area contributed by atoms with Crippen molar-refractivity contribution in [3.63, 3.8) is 0 Å². The predicted molar refractivity (Wildman–Crippen MR) is 128 cm³/mol. The number of anilines is 1. The van der Waals surface area contributed by atoms with E-state index in [9.17, 15) is 8.42 Å². The summed E-state index contributed by atoms with van der Waals surface area (Å²) in [6.07, 6.45) is 1.55. The summed E-state index contributed by atoms with van der Waals surface area (Å²) in [7, 11) is -3.65. The fourth-order valence-corrected chi connectivity index (χ4v) is 3.97. The van der Waals surface area contributed by atoms with Gasteiger partial charge in [-0.05, 0) is 68.8 Å². The molecule has 33 heavy (non-hydrogen) atoms. The molecule has 0 aliphatic carbocycles. The van der Waals surface area contributed by atoms with Gasteiger partial charge >= 0.3 is 0 Å². The van der Waals surface area contributed by atoms with Crippen molar-refractivity contribution in [3.8, 4) is 17.4 Å². The van der Waals surface area contributed by atoms with E-state index < -0.39 is 10.0 Å². The van der Waals surface area contributed by atoms with E-state index >= 15 is 0 Å². The summed E-state index contributed by atoms with van der Waals surface area (Å²) in [6.45, 7) is 5.84. The average Bonchev–Trinajstić information content (AvgIpc) is 3.13. The largest absolute Gasteiger partial charge is 0.438 e. The van der Waals surface area contributed by atoms with E-state index in [1.165, 1.54) is 0 Å². The van der Waals surface area contributed by atoms with Crippen LogP contribution in [0.25, 0.3) is 11.9 Å². The van der Waals surface area contributed by atoms with E-state index in [-0.39, 0.29) is 0 Å². The van der Waals surface area contributed by atoms with E-state index in [0.29, 0.717) is 23.1 Å². The molecule has 0 spiro atoms. The zero-order chi connectivity index (χ0) is 23.4. The van der Waals surface area contributed by atoms with Crippen LogP contribution in [0.1, 0.15) is 22.5 Å². The molecule has 2 aromatic carbocycles. The molecule has 0 aliphatic heterocycles. The predicted octanol–water partition coefficient (Wildman–Crippen LogP) is 4.79. The van der Waals surface area contributed by atoms with Gasteiger partial charge in [-0.15, -0.1) is 10.2 Å². The third kappa shape index (κ3) is 5.83. The molecule has 0 saturated carbocycles. The number of hydrogen-bond donors (Lipinski definition) is 1. The monoisotopic (exact) mass is 461 g/mol. The molecule has 0 fully saturated rings. The number of nitrogens with zero attached hydrogens (tertiary/aromatic N) is 4. The Hall–Kier alpha value is -3.98. The Labute approximate surface area is 192 Å². The van der Waals surface area contributed by atoms with Gasteiger partial charge in [-0.3, -0.25) is 4.72 Å². The maximum Gasteiger partial charge on any atom is 0.255 e. The van der Waals surface area contributed by atoms with E-state index in [0.717, 1.165) is 27.9 Å². The lowest BCUT2D eigenvalue weighted by Gasteiger charge is -2.08. The third-order valence-electron chi connectivity index (χ3n) is 4.71. The molecule has 0 radical (unpaired) electrons. The Bertz CT molecular complexity index is 1380. The van der Waals surface area contributed by atoms with Gasteiger partial charge in [0.15, 0.2) is 5.82 Å². The third-order valence-corrected chi connectivity index (χ3v) is 5.72. The van der Waals surface area contributed by atoms with Gasteiger partial charge in [0.2, 0.25) is 5.88 Å². The summed E-state index contributed by atoms with van der Waals surface area (Å²) in [6, 6.07) is 19.5. The van der Waals surface area contributed by atoms with Crippen LogP contribution < -0.4 is 9.46 Å². The number of sulfonamides is 1. The molecular formula is C24H23N5O3S. The molecular weight excluding hydrogens is 438 g/mol. The summed E-state index contributed by atoms with van der Waals surface area (Å²) < 4.78 is 34.6. The minimum absolute atomic E-state index is 0.314. The number of benzene rings is 2. The molecule has 1 N–H and O–H groups in total. The van der Waals surface area contributed by atoms with Crippen LogP contribution in [0.15, 0.2) is 72.1 Å². The molecule has 8 nitrogen and oxygen atoms in total. The summed E-state index contributed by atoms with van der Waals surface area (Å²) in [5, 5.41) is 13.8. The molecule has 0 saturated heterocycles. The van der Waals surface area contributed by atoms with Crippen LogP contribution in [0.2, 0.25) is 0 Å². The minimum atomic E-state index is -3.65. The first-order chi connectivity index (χ1) is 15.8. The van der Waals surface area contributed by atoms with Crippen molar-refractivity contribution in [3.05, 3.63) is 94.7 Å². The first kappa shape index (κ1) is 22.2. The van der Waals surface area contributed by atoms with Crippen molar-refractivity contribution in [2.24, 2.45) is 0 Å². The molecule has 0 amide bonds. The van der Waals surface area contributed by atoms with E-state index in [1.807, 2.05) is 51.1 Å². The highest BCUT2D eigenvalue weighted by atomic mass is 32.2. The number of aromatic nitrogens is 4. The Morgan fingerprint density at radius 3 is 2.24 bits per heavy atom. The van der Waals surface area contributed by atoms with Crippen molar-refractivity contribution in [1.82, 2.24) is 20.0 Å². The SMILES string of the molecule is Cc1ccc(/C=C/S(=O)(=O)Nc2ccc(Oc3ccc(-n4nc(C)cc4C)nn3)cc2)cc1. The summed E-state index contributed by atoms with van der Waals surface area (Å²) in [4.78, 5) is 0. The van der Waals surface area contributed by atoms with Crippen molar-refractivity contribution < 1.29 is 13.2 Å². The topological polar surface area (TPSA) is 99.0 Å². The Kier molecular flexibility index (Phi) is 6.23. The van der Waals surface area contributed by atoms with Gasteiger partial charge in [0.25, 0.3) is 10.0 Å². The quantitative estimate of drug-likeness (QED) is 0.425. The van der Waals surface area contributed by atoms with Gasteiger partial charge in [0.05, 0.1) is 11.1 Å². The summed E-state index contributed by atoms with van der Waals surface area (Å²) in [5.74, 6) is 1.41. The van der Waals surface area contributed by atoms with Crippen LogP contribution in [0.3, 0.4) is 0 Å². The van der Waals surface area contributed by atoms with Crippen LogP contribution >= 0.6 is 0 Å². The lowest BCUT2D eigenvalue weighted by Crippen LogP contribution is -2.08. The second kappa shape index (κ2) is 9.25. The molecule has 2 heterocycles.